The topological polar surface area (TPSA) is 42.2 Å². The maximum absolute atomic E-state index is 4.62. The van der Waals surface area contributed by atoms with E-state index in [1.807, 2.05) is 28.7 Å². The van der Waals surface area contributed by atoms with Gasteiger partial charge >= 0.3 is 0 Å². The SMILES string of the molecule is CSC1(CNc2nccn3nc(C(C)C)cc23)CCCC1. The Labute approximate surface area is 130 Å². The minimum atomic E-state index is 0.384. The summed E-state index contributed by atoms with van der Waals surface area (Å²) in [5.74, 6) is 1.39. The fourth-order valence-electron chi connectivity index (χ4n) is 3.08. The van der Waals surface area contributed by atoms with Gasteiger partial charge in [0.15, 0.2) is 5.82 Å². The minimum Gasteiger partial charge on any atom is -0.367 e. The van der Waals surface area contributed by atoms with Crippen molar-refractivity contribution in [2.45, 2.75) is 50.2 Å². The molecule has 0 amide bonds. The van der Waals surface area contributed by atoms with E-state index >= 15 is 0 Å². The third-order valence-corrected chi connectivity index (χ3v) is 5.94. The molecule has 0 saturated heterocycles. The first-order valence-electron chi connectivity index (χ1n) is 7.77. The fraction of sp³-hybridized carbons (Fsp3) is 0.625. The highest BCUT2D eigenvalue weighted by Crippen LogP contribution is 2.40. The molecule has 1 fully saturated rings. The third-order valence-electron chi connectivity index (χ3n) is 4.53. The van der Waals surface area contributed by atoms with Gasteiger partial charge in [0.2, 0.25) is 0 Å². The van der Waals surface area contributed by atoms with Crippen LogP contribution in [0.5, 0.6) is 0 Å². The summed E-state index contributed by atoms with van der Waals surface area (Å²) in [7, 11) is 0. The maximum atomic E-state index is 4.62. The number of nitrogens with zero attached hydrogens (tertiary/aromatic N) is 3. The number of thioether (sulfide) groups is 1. The van der Waals surface area contributed by atoms with Crippen molar-refractivity contribution in [3.8, 4) is 0 Å². The molecule has 114 valence electrons. The molecule has 0 spiro atoms. The molecule has 0 radical (unpaired) electrons. The van der Waals surface area contributed by atoms with Crippen molar-refractivity contribution in [3.63, 3.8) is 0 Å². The van der Waals surface area contributed by atoms with E-state index in [0.717, 1.165) is 23.6 Å². The summed E-state index contributed by atoms with van der Waals surface area (Å²) in [5, 5.41) is 8.20. The van der Waals surface area contributed by atoms with Crippen molar-refractivity contribution in [2.24, 2.45) is 0 Å². The van der Waals surface area contributed by atoms with Crippen LogP contribution in [0.1, 0.15) is 51.1 Å². The molecular weight excluding hydrogens is 280 g/mol. The predicted octanol–water partition coefficient (Wildman–Crippen LogP) is 3.94. The van der Waals surface area contributed by atoms with Gasteiger partial charge in [-0.3, -0.25) is 0 Å². The lowest BCUT2D eigenvalue weighted by molar-refractivity contribution is 0.638. The van der Waals surface area contributed by atoms with Crippen LogP contribution in [0.15, 0.2) is 18.5 Å². The first-order chi connectivity index (χ1) is 10.1. The number of anilines is 1. The Morgan fingerprint density at radius 1 is 1.38 bits per heavy atom. The van der Waals surface area contributed by atoms with Gasteiger partial charge in [-0.1, -0.05) is 26.7 Å². The largest absolute Gasteiger partial charge is 0.367 e. The number of nitrogens with one attached hydrogen (secondary N) is 1. The number of fused-ring (bicyclic) bond motifs is 1. The van der Waals surface area contributed by atoms with Crippen LogP contribution in [0.4, 0.5) is 5.82 Å². The van der Waals surface area contributed by atoms with E-state index in [4.69, 9.17) is 0 Å². The molecule has 0 unspecified atom stereocenters. The van der Waals surface area contributed by atoms with Gasteiger partial charge in [0.1, 0.15) is 5.52 Å². The first-order valence-corrected chi connectivity index (χ1v) is 8.99. The van der Waals surface area contributed by atoms with Gasteiger partial charge < -0.3 is 5.32 Å². The van der Waals surface area contributed by atoms with Gasteiger partial charge in [-0.2, -0.15) is 16.9 Å². The smallest absolute Gasteiger partial charge is 0.152 e. The van der Waals surface area contributed by atoms with Crippen LogP contribution in [0.2, 0.25) is 0 Å². The van der Waals surface area contributed by atoms with E-state index in [9.17, 15) is 0 Å². The third kappa shape index (κ3) is 2.89. The van der Waals surface area contributed by atoms with Crippen molar-refractivity contribution in [1.82, 2.24) is 14.6 Å². The second kappa shape index (κ2) is 5.87. The Morgan fingerprint density at radius 3 is 2.81 bits per heavy atom. The molecule has 0 bridgehead atoms. The van der Waals surface area contributed by atoms with Crippen LogP contribution in [0, 0.1) is 0 Å². The van der Waals surface area contributed by atoms with Crippen LogP contribution in [0.3, 0.4) is 0 Å². The standard InChI is InChI=1S/C16H24N4S/c1-12(2)13-10-14-15(17-8-9-20(14)19-13)18-11-16(21-3)6-4-5-7-16/h8-10,12H,4-7,11H2,1-3H3,(H,17,18). The van der Waals surface area contributed by atoms with Crippen molar-refractivity contribution in [2.75, 3.05) is 18.1 Å². The van der Waals surface area contributed by atoms with E-state index in [1.54, 1.807) is 0 Å². The summed E-state index contributed by atoms with van der Waals surface area (Å²) in [6.07, 6.45) is 11.3. The van der Waals surface area contributed by atoms with Gasteiger partial charge in [0.05, 0.1) is 5.69 Å². The lowest BCUT2D eigenvalue weighted by Crippen LogP contribution is -2.30. The van der Waals surface area contributed by atoms with Gasteiger partial charge in [-0.25, -0.2) is 9.50 Å². The van der Waals surface area contributed by atoms with E-state index in [1.165, 1.54) is 25.7 Å². The molecule has 2 aromatic heterocycles. The monoisotopic (exact) mass is 304 g/mol. The minimum absolute atomic E-state index is 0.384. The highest BCUT2D eigenvalue weighted by atomic mass is 32.2. The van der Waals surface area contributed by atoms with Crippen LogP contribution >= 0.6 is 11.8 Å². The van der Waals surface area contributed by atoms with Crippen molar-refractivity contribution in [3.05, 3.63) is 24.2 Å². The lowest BCUT2D eigenvalue weighted by atomic mass is 10.1. The normalized spacial score (nSPS) is 17.7. The number of hydrogen-bond donors (Lipinski definition) is 1. The predicted molar refractivity (Wildman–Crippen MR) is 90.3 cm³/mol. The van der Waals surface area contributed by atoms with Crippen LogP contribution in [-0.2, 0) is 0 Å². The molecule has 1 aliphatic carbocycles. The molecule has 2 aromatic rings. The number of aromatic nitrogens is 3. The van der Waals surface area contributed by atoms with Gasteiger partial charge in [-0.05, 0) is 31.1 Å². The van der Waals surface area contributed by atoms with E-state index in [2.05, 4.69) is 41.6 Å². The van der Waals surface area contributed by atoms with E-state index < -0.39 is 0 Å². The zero-order valence-corrected chi connectivity index (χ0v) is 13.9. The van der Waals surface area contributed by atoms with Crippen molar-refractivity contribution < 1.29 is 0 Å². The molecule has 0 aliphatic heterocycles. The molecular formula is C16H24N4S. The van der Waals surface area contributed by atoms with Crippen LogP contribution in [-0.4, -0.2) is 32.1 Å². The molecule has 0 atom stereocenters. The van der Waals surface area contributed by atoms with Gasteiger partial charge in [-0.15, -0.1) is 0 Å². The molecule has 1 saturated carbocycles. The second-order valence-electron chi connectivity index (χ2n) is 6.28. The average molecular weight is 304 g/mol. The molecule has 21 heavy (non-hydrogen) atoms. The maximum Gasteiger partial charge on any atom is 0.152 e. The highest BCUT2D eigenvalue weighted by molar-refractivity contribution is 8.00. The Kier molecular flexibility index (Phi) is 4.11. The quantitative estimate of drug-likeness (QED) is 0.908. The summed E-state index contributed by atoms with van der Waals surface area (Å²) >= 11 is 2.00. The summed E-state index contributed by atoms with van der Waals surface area (Å²) < 4.78 is 2.32. The molecule has 2 heterocycles. The van der Waals surface area contributed by atoms with E-state index in [-0.39, 0.29) is 0 Å². The number of hydrogen-bond acceptors (Lipinski definition) is 4. The highest BCUT2D eigenvalue weighted by Gasteiger charge is 2.32. The lowest BCUT2D eigenvalue weighted by Gasteiger charge is -2.27. The van der Waals surface area contributed by atoms with Crippen LogP contribution < -0.4 is 5.32 Å². The van der Waals surface area contributed by atoms with Crippen molar-refractivity contribution in [1.29, 1.82) is 0 Å². The zero-order valence-electron chi connectivity index (χ0n) is 13.1. The Balaban J connectivity index is 1.83. The Morgan fingerprint density at radius 2 is 2.14 bits per heavy atom. The van der Waals surface area contributed by atoms with Gasteiger partial charge in [0.25, 0.3) is 0 Å². The number of rotatable bonds is 5. The molecule has 0 aromatic carbocycles. The molecule has 1 N–H and O–H groups in total. The fourth-order valence-corrected chi connectivity index (χ4v) is 3.99. The van der Waals surface area contributed by atoms with Crippen molar-refractivity contribution >= 4 is 23.1 Å². The second-order valence-corrected chi connectivity index (χ2v) is 7.55. The summed E-state index contributed by atoms with van der Waals surface area (Å²) in [6, 6.07) is 2.15. The molecule has 3 rings (SSSR count). The summed E-state index contributed by atoms with van der Waals surface area (Å²) in [5.41, 5.74) is 2.20. The van der Waals surface area contributed by atoms with Crippen LogP contribution in [0.25, 0.3) is 5.52 Å². The average Bonchev–Trinajstić information content (AvgIpc) is 3.12. The first kappa shape index (κ1) is 14.7. The zero-order chi connectivity index (χ0) is 14.9. The summed E-state index contributed by atoms with van der Waals surface area (Å²) in [6.45, 7) is 5.33. The Hall–Kier alpha value is -1.23. The molecule has 5 heteroatoms. The summed E-state index contributed by atoms with van der Waals surface area (Å²) in [4.78, 5) is 4.52. The molecule has 1 aliphatic rings. The van der Waals surface area contributed by atoms with E-state index in [0.29, 0.717) is 10.7 Å². The Bertz CT molecular complexity index is 614. The molecule has 4 nitrogen and oxygen atoms in total. The van der Waals surface area contributed by atoms with Gasteiger partial charge in [0, 0.05) is 23.7 Å².